The van der Waals surface area contributed by atoms with Gasteiger partial charge in [-0.3, -0.25) is 0 Å². The largest absolute Gasteiger partial charge is 0.490 e. The average Bonchev–Trinajstić information content (AvgIpc) is 2.84. The zero-order chi connectivity index (χ0) is 24.2. The molecule has 1 aliphatic carbocycles. The molecule has 0 bridgehead atoms. The van der Waals surface area contributed by atoms with E-state index < -0.39 is 11.4 Å². The van der Waals surface area contributed by atoms with Crippen molar-refractivity contribution in [3.05, 3.63) is 65.0 Å². The van der Waals surface area contributed by atoms with Crippen molar-refractivity contribution in [2.75, 3.05) is 6.61 Å². The van der Waals surface area contributed by atoms with Crippen LogP contribution in [-0.2, 0) is 6.42 Å². The predicted octanol–water partition coefficient (Wildman–Crippen LogP) is 8.54. The fourth-order valence-corrected chi connectivity index (χ4v) is 4.98. The van der Waals surface area contributed by atoms with E-state index in [9.17, 15) is 9.18 Å². The highest BCUT2D eigenvalue weighted by atomic mass is 19.1. The molecule has 1 fully saturated rings. The summed E-state index contributed by atoms with van der Waals surface area (Å²) in [4.78, 5) is 12.6. The Morgan fingerprint density at radius 2 is 1.79 bits per heavy atom. The highest BCUT2D eigenvalue weighted by molar-refractivity contribution is 5.83. The number of fused-ring (bicyclic) bond motifs is 1. The summed E-state index contributed by atoms with van der Waals surface area (Å²) < 4.78 is 25.9. The molecular formula is C30H41FO3. The zero-order valence-electron chi connectivity index (χ0n) is 20.8. The highest BCUT2D eigenvalue weighted by Gasteiger charge is 2.21. The summed E-state index contributed by atoms with van der Waals surface area (Å²) in [6, 6.07) is 5.22. The Morgan fingerprint density at radius 3 is 2.53 bits per heavy atom. The zero-order valence-corrected chi connectivity index (χ0v) is 20.8. The van der Waals surface area contributed by atoms with E-state index in [1.54, 1.807) is 12.1 Å². The van der Waals surface area contributed by atoms with Crippen molar-refractivity contribution in [3.63, 3.8) is 0 Å². The van der Waals surface area contributed by atoms with E-state index in [2.05, 4.69) is 25.7 Å². The maximum Gasteiger partial charge on any atom is 0.346 e. The van der Waals surface area contributed by atoms with Crippen molar-refractivity contribution in [3.8, 4) is 5.75 Å². The summed E-state index contributed by atoms with van der Waals surface area (Å²) in [6.45, 7) is 6.32. The Kier molecular flexibility index (Phi) is 10.9. The molecule has 0 atom stereocenters. The number of unbranched alkanes of at least 4 members (excludes halogenated alkanes) is 3. The molecule has 34 heavy (non-hydrogen) atoms. The maximum absolute atomic E-state index is 14.9. The topological polar surface area (TPSA) is 39.4 Å². The molecule has 3 rings (SSSR count). The summed E-state index contributed by atoms with van der Waals surface area (Å²) >= 11 is 0. The lowest BCUT2D eigenvalue weighted by Crippen LogP contribution is -2.15. The van der Waals surface area contributed by atoms with Gasteiger partial charge in [0.25, 0.3) is 0 Å². The lowest BCUT2D eigenvalue weighted by atomic mass is 9.78. The van der Waals surface area contributed by atoms with Crippen LogP contribution in [0.4, 0.5) is 4.39 Å². The van der Waals surface area contributed by atoms with Gasteiger partial charge in [-0.1, -0.05) is 69.7 Å². The molecule has 0 amide bonds. The third kappa shape index (κ3) is 7.85. The van der Waals surface area contributed by atoms with Gasteiger partial charge in [0, 0.05) is 6.42 Å². The number of ether oxygens (including phenoxy) is 1. The van der Waals surface area contributed by atoms with Gasteiger partial charge >= 0.3 is 5.63 Å². The van der Waals surface area contributed by atoms with Gasteiger partial charge in [-0.15, -0.1) is 6.58 Å². The van der Waals surface area contributed by atoms with Crippen molar-refractivity contribution >= 4 is 10.8 Å². The van der Waals surface area contributed by atoms with E-state index in [0.717, 1.165) is 50.9 Å². The minimum Gasteiger partial charge on any atom is -0.490 e. The maximum atomic E-state index is 14.9. The van der Waals surface area contributed by atoms with Gasteiger partial charge in [-0.05, 0) is 67.9 Å². The molecule has 0 unspecified atom stereocenters. The fraction of sp³-hybridized carbons (Fsp3) is 0.567. The van der Waals surface area contributed by atoms with Gasteiger partial charge in [-0.2, -0.15) is 0 Å². The van der Waals surface area contributed by atoms with Crippen LogP contribution in [-0.4, -0.2) is 6.61 Å². The molecule has 1 aliphatic rings. The Morgan fingerprint density at radius 1 is 1.06 bits per heavy atom. The summed E-state index contributed by atoms with van der Waals surface area (Å²) in [6.07, 6.45) is 21.0. The number of allylic oxidation sites excluding steroid dienone is 3. The van der Waals surface area contributed by atoms with Crippen LogP contribution < -0.4 is 10.4 Å². The molecule has 1 heterocycles. The molecule has 4 heteroatoms. The van der Waals surface area contributed by atoms with Crippen LogP contribution >= 0.6 is 0 Å². The van der Waals surface area contributed by atoms with Gasteiger partial charge in [0.1, 0.15) is 11.1 Å². The summed E-state index contributed by atoms with van der Waals surface area (Å²) in [7, 11) is 0. The molecule has 0 saturated heterocycles. The SMILES string of the molecule is C=CCC/C=C/CCC1CCC(CCc2cc3ccc(OCCCCC)c(F)c3c(=O)o2)CC1. The van der Waals surface area contributed by atoms with E-state index in [0.29, 0.717) is 23.7 Å². The Hall–Kier alpha value is -2.36. The Bertz CT molecular complexity index is 982. The molecule has 0 N–H and O–H groups in total. The third-order valence-corrected chi connectivity index (χ3v) is 7.10. The van der Waals surface area contributed by atoms with Crippen molar-refractivity contribution in [1.29, 1.82) is 0 Å². The van der Waals surface area contributed by atoms with Crippen molar-refractivity contribution in [2.24, 2.45) is 11.8 Å². The number of benzene rings is 1. The van der Waals surface area contributed by atoms with Crippen LogP contribution in [0, 0.1) is 17.7 Å². The molecule has 0 aliphatic heterocycles. The quantitative estimate of drug-likeness (QED) is 0.206. The summed E-state index contributed by atoms with van der Waals surface area (Å²) in [5.74, 6) is 1.69. The van der Waals surface area contributed by atoms with E-state index in [-0.39, 0.29) is 11.1 Å². The number of halogens is 1. The standard InChI is InChI=1S/C30H41FO3/c1-3-5-7-8-9-10-12-23-13-15-24(16-14-23)17-19-26-22-25-18-20-27(33-21-11-6-4-2)29(31)28(25)30(32)34-26/h3,8-9,18,20,22-24H,1,4-7,10-17,19,21H2,2H3/b9-8+. The number of hydrogen-bond acceptors (Lipinski definition) is 3. The second kappa shape index (κ2) is 14.1. The first-order valence-corrected chi connectivity index (χ1v) is 13.3. The Balaban J connectivity index is 1.48. The summed E-state index contributed by atoms with van der Waals surface area (Å²) in [5.41, 5.74) is -0.603. The van der Waals surface area contributed by atoms with Crippen LogP contribution in [0.1, 0.15) is 89.7 Å². The van der Waals surface area contributed by atoms with E-state index in [1.807, 2.05) is 12.1 Å². The van der Waals surface area contributed by atoms with E-state index in [4.69, 9.17) is 9.15 Å². The fourth-order valence-electron chi connectivity index (χ4n) is 4.98. The first-order valence-electron chi connectivity index (χ1n) is 13.3. The van der Waals surface area contributed by atoms with Crippen LogP contribution in [0.2, 0.25) is 0 Å². The molecule has 1 aromatic carbocycles. The molecule has 2 aromatic rings. The van der Waals surface area contributed by atoms with Gasteiger partial charge in [-0.25, -0.2) is 9.18 Å². The molecule has 1 saturated carbocycles. The van der Waals surface area contributed by atoms with Crippen LogP contribution in [0.5, 0.6) is 5.75 Å². The predicted molar refractivity (Wildman–Crippen MR) is 139 cm³/mol. The molecule has 3 nitrogen and oxygen atoms in total. The average molecular weight is 469 g/mol. The molecule has 0 radical (unpaired) electrons. The molecule has 186 valence electrons. The second-order valence-electron chi connectivity index (χ2n) is 9.74. The third-order valence-electron chi connectivity index (χ3n) is 7.10. The molecule has 1 aromatic heterocycles. The van der Waals surface area contributed by atoms with Gasteiger partial charge in [0.05, 0.1) is 6.61 Å². The van der Waals surface area contributed by atoms with Crippen molar-refractivity contribution in [2.45, 2.75) is 90.4 Å². The smallest absolute Gasteiger partial charge is 0.346 e. The van der Waals surface area contributed by atoms with Gasteiger partial charge in [0.15, 0.2) is 11.6 Å². The second-order valence-corrected chi connectivity index (χ2v) is 9.74. The van der Waals surface area contributed by atoms with Crippen LogP contribution in [0.25, 0.3) is 10.8 Å². The van der Waals surface area contributed by atoms with Gasteiger partial charge < -0.3 is 9.15 Å². The van der Waals surface area contributed by atoms with Crippen molar-refractivity contribution < 1.29 is 13.5 Å². The van der Waals surface area contributed by atoms with E-state index in [1.165, 1.54) is 38.5 Å². The monoisotopic (exact) mass is 468 g/mol. The van der Waals surface area contributed by atoms with E-state index >= 15 is 0 Å². The normalized spacial score (nSPS) is 18.5. The lowest BCUT2D eigenvalue weighted by molar-refractivity contribution is 0.250. The first-order chi connectivity index (χ1) is 16.6. The minimum atomic E-state index is -0.608. The molecular weight excluding hydrogens is 427 g/mol. The minimum absolute atomic E-state index is 0.00390. The number of aryl methyl sites for hydroxylation is 1. The van der Waals surface area contributed by atoms with Crippen molar-refractivity contribution in [1.82, 2.24) is 0 Å². The highest BCUT2D eigenvalue weighted by Crippen LogP contribution is 2.34. The molecule has 0 spiro atoms. The van der Waals surface area contributed by atoms with Gasteiger partial charge in [0.2, 0.25) is 0 Å². The Labute approximate surface area is 204 Å². The number of rotatable bonds is 14. The number of hydrogen-bond donors (Lipinski definition) is 0. The summed E-state index contributed by atoms with van der Waals surface area (Å²) in [5, 5.41) is 0.588. The lowest BCUT2D eigenvalue weighted by Gasteiger charge is -2.28. The van der Waals surface area contributed by atoms with Crippen LogP contribution in [0.3, 0.4) is 0 Å². The van der Waals surface area contributed by atoms with Crippen LogP contribution in [0.15, 0.2) is 52.2 Å². The first kappa shape index (κ1) is 26.2.